The molecule has 2 N–H and O–H groups in total. The molecule has 0 aliphatic carbocycles. The van der Waals surface area contributed by atoms with Gasteiger partial charge in [-0.3, -0.25) is 14.3 Å². The Balaban J connectivity index is 2.61. The lowest BCUT2D eigenvalue weighted by molar-refractivity contribution is -0.384. The second-order valence-corrected chi connectivity index (χ2v) is 4.21. The molecular weight excluding hydrogens is 236 g/mol. The molecule has 7 nitrogen and oxygen atoms in total. The van der Waals surface area contributed by atoms with Crippen molar-refractivity contribution in [2.75, 3.05) is 6.61 Å². The summed E-state index contributed by atoms with van der Waals surface area (Å²) in [6.07, 6.45) is 0.234. The van der Waals surface area contributed by atoms with Gasteiger partial charge in [0.05, 0.1) is 11.5 Å². The summed E-state index contributed by atoms with van der Waals surface area (Å²) in [6, 6.07) is 5.86. The first-order valence-electron chi connectivity index (χ1n) is 4.29. The van der Waals surface area contributed by atoms with Crippen molar-refractivity contribution in [1.82, 2.24) is 0 Å². The Hall–Kier alpha value is -1.51. The highest BCUT2D eigenvalue weighted by atomic mass is 32.2. The zero-order valence-electron chi connectivity index (χ0n) is 8.20. The van der Waals surface area contributed by atoms with Crippen LogP contribution in [0, 0.1) is 10.1 Å². The number of benzene rings is 1. The maximum atomic E-state index is 10.4. The van der Waals surface area contributed by atoms with Crippen LogP contribution < -0.4 is 5.14 Å². The van der Waals surface area contributed by atoms with Crippen LogP contribution in [0.25, 0.3) is 0 Å². The van der Waals surface area contributed by atoms with Gasteiger partial charge >= 0.3 is 10.3 Å². The predicted molar refractivity (Wildman–Crippen MR) is 55.9 cm³/mol. The third kappa shape index (κ3) is 4.34. The lowest BCUT2D eigenvalue weighted by Gasteiger charge is -2.01. The standard InChI is InChI=1S/C8H10N2O5S/c9-16(13,14)15-5-4-7-2-1-3-8(6-7)10(11)12/h1-3,6H,4-5H2,(H2,9,13,14). The molecule has 0 amide bonds. The SMILES string of the molecule is NS(=O)(=O)OCCc1cccc([N+](=O)[O-])c1. The number of nitro benzene ring substituents is 1. The Kier molecular flexibility index (Phi) is 3.93. The van der Waals surface area contributed by atoms with Gasteiger partial charge in [-0.1, -0.05) is 12.1 Å². The molecule has 1 rings (SSSR count). The van der Waals surface area contributed by atoms with Crippen LogP contribution >= 0.6 is 0 Å². The normalized spacial score (nSPS) is 11.3. The lowest BCUT2D eigenvalue weighted by Crippen LogP contribution is -2.17. The number of nitrogens with two attached hydrogens (primary N) is 1. The lowest BCUT2D eigenvalue weighted by atomic mass is 10.1. The summed E-state index contributed by atoms with van der Waals surface area (Å²) >= 11 is 0. The molecule has 0 heterocycles. The highest BCUT2D eigenvalue weighted by Crippen LogP contribution is 2.13. The van der Waals surface area contributed by atoms with E-state index in [0.29, 0.717) is 5.56 Å². The van der Waals surface area contributed by atoms with E-state index in [4.69, 9.17) is 0 Å². The summed E-state index contributed by atoms with van der Waals surface area (Å²) in [5.74, 6) is 0. The topological polar surface area (TPSA) is 113 Å². The average Bonchev–Trinajstić information content (AvgIpc) is 2.16. The maximum Gasteiger partial charge on any atom is 0.333 e. The Morgan fingerprint density at radius 3 is 2.69 bits per heavy atom. The summed E-state index contributed by atoms with van der Waals surface area (Å²) in [7, 11) is -3.95. The molecule has 16 heavy (non-hydrogen) atoms. The fraction of sp³-hybridized carbons (Fsp3) is 0.250. The van der Waals surface area contributed by atoms with E-state index in [-0.39, 0.29) is 18.7 Å². The highest BCUT2D eigenvalue weighted by Gasteiger charge is 2.07. The van der Waals surface area contributed by atoms with E-state index in [1.807, 2.05) is 0 Å². The molecular formula is C8H10N2O5S. The minimum Gasteiger partial charge on any atom is -0.258 e. The first-order chi connectivity index (χ1) is 7.38. The van der Waals surface area contributed by atoms with Crippen LogP contribution in [0.5, 0.6) is 0 Å². The van der Waals surface area contributed by atoms with E-state index in [1.54, 1.807) is 6.07 Å². The van der Waals surface area contributed by atoms with Crippen molar-refractivity contribution in [2.24, 2.45) is 5.14 Å². The molecule has 0 fully saturated rings. The number of rotatable bonds is 5. The van der Waals surface area contributed by atoms with E-state index in [0.717, 1.165) is 0 Å². The van der Waals surface area contributed by atoms with Gasteiger partial charge in [0.25, 0.3) is 5.69 Å². The molecule has 8 heteroatoms. The van der Waals surface area contributed by atoms with Crippen LogP contribution in [0.15, 0.2) is 24.3 Å². The van der Waals surface area contributed by atoms with Gasteiger partial charge in [0, 0.05) is 12.1 Å². The average molecular weight is 246 g/mol. The van der Waals surface area contributed by atoms with Crippen LogP contribution in [-0.2, 0) is 20.9 Å². The van der Waals surface area contributed by atoms with E-state index in [9.17, 15) is 18.5 Å². The second-order valence-electron chi connectivity index (χ2n) is 2.99. The summed E-state index contributed by atoms with van der Waals surface area (Å²) in [6.45, 7) is -0.139. The molecule has 0 saturated heterocycles. The van der Waals surface area contributed by atoms with Crippen LogP contribution in [0.1, 0.15) is 5.56 Å². The van der Waals surface area contributed by atoms with E-state index >= 15 is 0 Å². The molecule has 0 unspecified atom stereocenters. The number of hydrogen-bond donors (Lipinski definition) is 1. The maximum absolute atomic E-state index is 10.4. The third-order valence-corrected chi connectivity index (χ3v) is 2.25. The molecule has 88 valence electrons. The predicted octanol–water partition coefficient (Wildman–Crippen LogP) is 0.357. The Bertz CT molecular complexity index is 485. The molecule has 0 radical (unpaired) electrons. The van der Waals surface area contributed by atoms with Crippen molar-refractivity contribution >= 4 is 16.0 Å². The molecule has 0 aliphatic rings. The van der Waals surface area contributed by atoms with Gasteiger partial charge in [-0.2, -0.15) is 8.42 Å². The molecule has 0 aromatic heterocycles. The minimum absolute atomic E-state index is 0.0481. The fourth-order valence-corrected chi connectivity index (χ4v) is 1.42. The van der Waals surface area contributed by atoms with Gasteiger partial charge < -0.3 is 0 Å². The van der Waals surface area contributed by atoms with E-state index in [1.165, 1.54) is 18.2 Å². The van der Waals surface area contributed by atoms with E-state index in [2.05, 4.69) is 9.32 Å². The zero-order valence-corrected chi connectivity index (χ0v) is 9.01. The molecule has 0 spiro atoms. The van der Waals surface area contributed by atoms with Gasteiger partial charge in [0.15, 0.2) is 0 Å². The number of nitro groups is 1. The largest absolute Gasteiger partial charge is 0.333 e. The smallest absolute Gasteiger partial charge is 0.258 e. The van der Waals surface area contributed by atoms with Crippen molar-refractivity contribution in [3.05, 3.63) is 39.9 Å². The quantitative estimate of drug-likeness (QED) is 0.595. The summed E-state index contributed by atoms with van der Waals surface area (Å²) < 4.78 is 25.2. The molecule has 0 saturated carbocycles. The van der Waals surface area contributed by atoms with Crippen molar-refractivity contribution in [3.8, 4) is 0 Å². The molecule has 0 aliphatic heterocycles. The summed E-state index contributed by atoms with van der Waals surface area (Å²) in [4.78, 5) is 9.92. The highest BCUT2D eigenvalue weighted by molar-refractivity contribution is 7.84. The third-order valence-electron chi connectivity index (χ3n) is 1.76. The van der Waals surface area contributed by atoms with E-state index < -0.39 is 15.2 Å². The first kappa shape index (κ1) is 12.6. The van der Waals surface area contributed by atoms with Crippen LogP contribution in [0.2, 0.25) is 0 Å². The fourth-order valence-electron chi connectivity index (χ4n) is 1.10. The van der Waals surface area contributed by atoms with Crippen molar-refractivity contribution in [3.63, 3.8) is 0 Å². The van der Waals surface area contributed by atoms with Crippen LogP contribution in [0.3, 0.4) is 0 Å². The Morgan fingerprint density at radius 2 is 2.12 bits per heavy atom. The zero-order chi connectivity index (χ0) is 12.2. The van der Waals surface area contributed by atoms with Crippen molar-refractivity contribution < 1.29 is 17.5 Å². The second kappa shape index (κ2) is 5.01. The van der Waals surface area contributed by atoms with Gasteiger partial charge in [0.1, 0.15) is 0 Å². The molecule has 1 aromatic rings. The van der Waals surface area contributed by atoms with Gasteiger partial charge in [-0.25, -0.2) is 5.14 Å². The van der Waals surface area contributed by atoms with Gasteiger partial charge in [-0.05, 0) is 12.0 Å². The monoisotopic (exact) mass is 246 g/mol. The first-order valence-corrected chi connectivity index (χ1v) is 5.76. The van der Waals surface area contributed by atoms with Crippen molar-refractivity contribution in [2.45, 2.75) is 6.42 Å². The summed E-state index contributed by atoms with van der Waals surface area (Å²) in [5.41, 5.74) is 0.561. The van der Waals surface area contributed by atoms with Crippen molar-refractivity contribution in [1.29, 1.82) is 0 Å². The molecule has 1 aromatic carbocycles. The Morgan fingerprint density at radius 1 is 1.44 bits per heavy atom. The number of nitrogens with zero attached hydrogens (tertiary/aromatic N) is 1. The number of non-ortho nitro benzene ring substituents is 1. The van der Waals surface area contributed by atoms with Crippen LogP contribution in [0.4, 0.5) is 5.69 Å². The minimum atomic E-state index is -3.95. The number of hydrogen-bond acceptors (Lipinski definition) is 5. The van der Waals surface area contributed by atoms with Crippen LogP contribution in [-0.4, -0.2) is 19.9 Å². The Labute approximate surface area is 92.2 Å². The molecule has 0 atom stereocenters. The van der Waals surface area contributed by atoms with Gasteiger partial charge in [-0.15, -0.1) is 0 Å². The summed E-state index contributed by atoms with van der Waals surface area (Å²) in [5, 5.41) is 15.1. The molecule has 0 bridgehead atoms. The van der Waals surface area contributed by atoms with Gasteiger partial charge in [0.2, 0.25) is 0 Å².